The molecule has 1 fully saturated rings. The first-order valence-electron chi connectivity index (χ1n) is 7.72. The quantitative estimate of drug-likeness (QED) is 0.635. The molecule has 0 bridgehead atoms. The van der Waals surface area contributed by atoms with Gasteiger partial charge in [0.2, 0.25) is 5.91 Å². The Balaban J connectivity index is 2.60. The van der Waals surface area contributed by atoms with Gasteiger partial charge in [-0.2, -0.15) is 0 Å². The maximum atomic E-state index is 11.7. The van der Waals surface area contributed by atoms with E-state index in [2.05, 4.69) is 24.1 Å². The average Bonchev–Trinajstić information content (AvgIpc) is 3.12. The van der Waals surface area contributed by atoms with E-state index < -0.39 is 5.54 Å². The summed E-state index contributed by atoms with van der Waals surface area (Å²) in [5, 5.41) is 3.25. The third-order valence-corrected chi connectivity index (χ3v) is 4.14. The second-order valence-corrected chi connectivity index (χ2v) is 6.22. The predicted octanol–water partition coefficient (Wildman–Crippen LogP) is 1.74. The number of likely N-dealkylation sites (N-methyl/N-ethyl adjacent to an activating group) is 1. The summed E-state index contributed by atoms with van der Waals surface area (Å²) in [5.41, 5.74) is 4.98. The van der Waals surface area contributed by atoms with Gasteiger partial charge >= 0.3 is 0 Å². The topological polar surface area (TPSA) is 58.4 Å². The van der Waals surface area contributed by atoms with E-state index in [0.717, 1.165) is 31.8 Å². The minimum Gasteiger partial charge on any atom is -0.368 e. The van der Waals surface area contributed by atoms with Gasteiger partial charge in [0.1, 0.15) is 0 Å². The molecule has 1 amide bonds. The second kappa shape index (κ2) is 7.25. The molecular weight excluding hydrogens is 238 g/mol. The van der Waals surface area contributed by atoms with Gasteiger partial charge in [0.05, 0.1) is 5.54 Å². The lowest BCUT2D eigenvalue weighted by Crippen LogP contribution is -2.56. The summed E-state index contributed by atoms with van der Waals surface area (Å²) in [6.45, 7) is 11.4. The van der Waals surface area contributed by atoms with E-state index >= 15 is 0 Å². The van der Waals surface area contributed by atoms with Crippen LogP contribution < -0.4 is 11.1 Å². The summed E-state index contributed by atoms with van der Waals surface area (Å²) in [6, 6.07) is 0.386. The smallest absolute Gasteiger partial charge is 0.237 e. The molecule has 19 heavy (non-hydrogen) atoms. The van der Waals surface area contributed by atoms with Crippen LogP contribution in [0.4, 0.5) is 0 Å². The van der Waals surface area contributed by atoms with Crippen molar-refractivity contribution in [2.75, 3.05) is 19.6 Å². The number of hydrogen-bond donors (Lipinski definition) is 2. The standard InChI is InChI=1S/C15H31N3O/c1-5-9-18(11-13-7-8-13)12(3)10-15(4,14(16)19)17-6-2/h12-13,17H,5-11H2,1-4H3,(H2,16,19). The fourth-order valence-corrected chi connectivity index (χ4v) is 2.78. The number of nitrogens with zero attached hydrogens (tertiary/aromatic N) is 1. The molecule has 0 spiro atoms. The van der Waals surface area contributed by atoms with Gasteiger partial charge in [-0.05, 0) is 58.5 Å². The number of hydrogen-bond acceptors (Lipinski definition) is 3. The van der Waals surface area contributed by atoms with Crippen LogP contribution in [0.15, 0.2) is 0 Å². The summed E-state index contributed by atoms with van der Waals surface area (Å²) in [6.07, 6.45) is 4.68. The van der Waals surface area contributed by atoms with Gasteiger partial charge in [-0.3, -0.25) is 4.79 Å². The van der Waals surface area contributed by atoms with Gasteiger partial charge in [-0.15, -0.1) is 0 Å². The molecule has 4 nitrogen and oxygen atoms in total. The lowest BCUT2D eigenvalue weighted by molar-refractivity contribution is -0.124. The van der Waals surface area contributed by atoms with Crippen molar-refractivity contribution in [2.45, 2.75) is 65.0 Å². The minimum atomic E-state index is -0.594. The van der Waals surface area contributed by atoms with Crippen molar-refractivity contribution in [1.29, 1.82) is 0 Å². The lowest BCUT2D eigenvalue weighted by atomic mass is 9.91. The largest absolute Gasteiger partial charge is 0.368 e. The third-order valence-electron chi connectivity index (χ3n) is 4.14. The average molecular weight is 269 g/mol. The van der Waals surface area contributed by atoms with E-state index in [1.54, 1.807) is 0 Å². The molecule has 0 radical (unpaired) electrons. The highest BCUT2D eigenvalue weighted by Crippen LogP contribution is 2.31. The Kier molecular flexibility index (Phi) is 6.27. The summed E-state index contributed by atoms with van der Waals surface area (Å²) in [5.74, 6) is 0.636. The van der Waals surface area contributed by atoms with Crippen molar-refractivity contribution in [1.82, 2.24) is 10.2 Å². The van der Waals surface area contributed by atoms with Crippen molar-refractivity contribution in [3.63, 3.8) is 0 Å². The van der Waals surface area contributed by atoms with Crippen LogP contribution in [0, 0.1) is 5.92 Å². The molecule has 1 saturated carbocycles. The Hall–Kier alpha value is -0.610. The van der Waals surface area contributed by atoms with Crippen molar-refractivity contribution >= 4 is 5.91 Å². The first-order valence-corrected chi connectivity index (χ1v) is 7.72. The van der Waals surface area contributed by atoms with Crippen molar-refractivity contribution in [3.8, 4) is 0 Å². The van der Waals surface area contributed by atoms with Crippen molar-refractivity contribution in [2.24, 2.45) is 11.7 Å². The number of carbonyl (C=O) groups excluding carboxylic acids is 1. The highest BCUT2D eigenvalue weighted by Gasteiger charge is 2.34. The second-order valence-electron chi connectivity index (χ2n) is 6.22. The lowest BCUT2D eigenvalue weighted by Gasteiger charge is -2.36. The van der Waals surface area contributed by atoms with E-state index in [4.69, 9.17) is 5.73 Å². The van der Waals surface area contributed by atoms with Crippen LogP contribution in [0.2, 0.25) is 0 Å². The Morgan fingerprint density at radius 1 is 1.47 bits per heavy atom. The highest BCUT2D eigenvalue weighted by atomic mass is 16.1. The van der Waals surface area contributed by atoms with Crippen LogP contribution >= 0.6 is 0 Å². The molecule has 2 unspecified atom stereocenters. The molecule has 112 valence electrons. The fourth-order valence-electron chi connectivity index (χ4n) is 2.78. The monoisotopic (exact) mass is 269 g/mol. The van der Waals surface area contributed by atoms with Crippen LogP contribution in [0.1, 0.15) is 53.4 Å². The maximum absolute atomic E-state index is 11.7. The summed E-state index contributed by atoms with van der Waals surface area (Å²) < 4.78 is 0. The summed E-state index contributed by atoms with van der Waals surface area (Å²) in [7, 11) is 0. The normalized spacial score (nSPS) is 20.3. The summed E-state index contributed by atoms with van der Waals surface area (Å²) >= 11 is 0. The van der Waals surface area contributed by atoms with Gasteiger partial charge in [0.25, 0.3) is 0 Å². The zero-order chi connectivity index (χ0) is 14.5. The third kappa shape index (κ3) is 5.11. The molecule has 1 rings (SSSR count). The fraction of sp³-hybridized carbons (Fsp3) is 0.933. The van der Waals surface area contributed by atoms with Gasteiger partial charge in [-0.25, -0.2) is 0 Å². The molecule has 0 aliphatic heterocycles. The van der Waals surface area contributed by atoms with Gasteiger partial charge in [0, 0.05) is 12.6 Å². The van der Waals surface area contributed by atoms with Crippen LogP contribution in [-0.4, -0.2) is 42.0 Å². The molecule has 3 N–H and O–H groups in total. The number of primary amides is 1. The molecule has 0 aromatic rings. The zero-order valence-electron chi connectivity index (χ0n) is 13.0. The predicted molar refractivity (Wildman–Crippen MR) is 79.9 cm³/mol. The zero-order valence-corrected chi connectivity index (χ0v) is 13.0. The Bertz CT molecular complexity index is 291. The van der Waals surface area contributed by atoms with E-state index in [1.807, 2.05) is 13.8 Å². The van der Waals surface area contributed by atoms with Crippen LogP contribution in [0.5, 0.6) is 0 Å². The Labute approximate surface area is 118 Å². The molecule has 0 heterocycles. The summed E-state index contributed by atoms with van der Waals surface area (Å²) in [4.78, 5) is 14.2. The molecule has 1 aliphatic rings. The number of amides is 1. The number of nitrogens with two attached hydrogens (primary N) is 1. The Morgan fingerprint density at radius 3 is 2.53 bits per heavy atom. The molecule has 2 atom stereocenters. The number of rotatable bonds is 10. The molecule has 4 heteroatoms. The van der Waals surface area contributed by atoms with Crippen molar-refractivity contribution < 1.29 is 4.79 Å². The first-order chi connectivity index (χ1) is 8.92. The van der Waals surface area contributed by atoms with Gasteiger partial charge in [-0.1, -0.05) is 13.8 Å². The van der Waals surface area contributed by atoms with Crippen LogP contribution in [0.3, 0.4) is 0 Å². The first kappa shape index (κ1) is 16.4. The number of carbonyl (C=O) groups is 1. The Morgan fingerprint density at radius 2 is 2.11 bits per heavy atom. The van der Waals surface area contributed by atoms with E-state index in [-0.39, 0.29) is 5.91 Å². The molecule has 0 aromatic heterocycles. The van der Waals surface area contributed by atoms with Crippen LogP contribution in [0.25, 0.3) is 0 Å². The highest BCUT2D eigenvalue weighted by molar-refractivity contribution is 5.84. The van der Waals surface area contributed by atoms with E-state index in [0.29, 0.717) is 6.04 Å². The maximum Gasteiger partial charge on any atom is 0.237 e. The van der Waals surface area contributed by atoms with E-state index in [9.17, 15) is 4.79 Å². The minimum absolute atomic E-state index is 0.246. The van der Waals surface area contributed by atoms with E-state index in [1.165, 1.54) is 19.4 Å². The molecule has 0 saturated heterocycles. The molecular formula is C15H31N3O. The number of nitrogens with one attached hydrogen (secondary N) is 1. The van der Waals surface area contributed by atoms with Gasteiger partial charge in [0.15, 0.2) is 0 Å². The van der Waals surface area contributed by atoms with Gasteiger partial charge < -0.3 is 16.0 Å². The van der Waals surface area contributed by atoms with Crippen LogP contribution in [-0.2, 0) is 4.79 Å². The molecule has 0 aromatic carbocycles. The molecule has 1 aliphatic carbocycles. The SMILES string of the molecule is CCCN(CC1CC1)C(C)CC(C)(NCC)C(N)=O. The van der Waals surface area contributed by atoms with Crippen molar-refractivity contribution in [3.05, 3.63) is 0 Å².